The van der Waals surface area contributed by atoms with Crippen molar-refractivity contribution in [1.29, 1.82) is 0 Å². The van der Waals surface area contributed by atoms with Crippen LogP contribution in [0.2, 0.25) is 0 Å². The van der Waals surface area contributed by atoms with Crippen molar-refractivity contribution in [3.63, 3.8) is 0 Å². The van der Waals surface area contributed by atoms with Crippen LogP contribution in [0, 0.1) is 5.41 Å². The molecule has 0 aliphatic carbocycles. The summed E-state index contributed by atoms with van der Waals surface area (Å²) >= 11 is 0. The maximum absolute atomic E-state index is 11.4. The van der Waals surface area contributed by atoms with E-state index < -0.39 is 12.2 Å². The van der Waals surface area contributed by atoms with E-state index in [-0.39, 0.29) is 11.5 Å². The van der Waals surface area contributed by atoms with Crippen LogP contribution >= 0.6 is 0 Å². The van der Waals surface area contributed by atoms with Gasteiger partial charge in [-0.3, -0.25) is 0 Å². The van der Waals surface area contributed by atoms with Crippen molar-refractivity contribution < 1.29 is 19.0 Å². The molecule has 0 saturated carbocycles. The molecule has 1 aromatic carbocycles. The third kappa shape index (κ3) is 3.51. The number of hydrogen-bond acceptors (Lipinski definition) is 4. The first-order chi connectivity index (χ1) is 10.8. The second-order valence-electron chi connectivity index (χ2n) is 7.55. The largest absolute Gasteiger partial charge is 0.443 e. The van der Waals surface area contributed by atoms with Crippen molar-refractivity contribution in [2.75, 3.05) is 6.61 Å². The lowest BCUT2D eigenvalue weighted by molar-refractivity contribution is -0.0647. The first-order valence-corrected chi connectivity index (χ1v) is 8.14. The molecule has 0 fully saturated rings. The maximum Gasteiger partial charge on any atom is 0.404 e. The molecule has 2 aliphatic rings. The molecule has 5 nitrogen and oxygen atoms in total. The number of rotatable bonds is 3. The smallest absolute Gasteiger partial charge is 0.404 e. The number of ether oxygens (including phenoxy) is 3. The zero-order valence-corrected chi connectivity index (χ0v) is 14.1. The number of carbonyl (C=O) groups is 1. The Balaban J connectivity index is 1.99. The van der Waals surface area contributed by atoms with Gasteiger partial charge in [0, 0.05) is 0 Å². The number of nitrogens with two attached hydrogens (primary N) is 1. The Labute approximate surface area is 137 Å². The highest BCUT2D eigenvalue weighted by atomic mass is 16.6. The fourth-order valence-corrected chi connectivity index (χ4v) is 3.54. The van der Waals surface area contributed by atoms with Gasteiger partial charge in [-0.25, -0.2) is 4.79 Å². The van der Waals surface area contributed by atoms with Gasteiger partial charge in [0.2, 0.25) is 0 Å². The first-order valence-electron chi connectivity index (χ1n) is 8.14. The molecule has 0 bridgehead atoms. The number of carbonyl (C=O) groups excluding carboxylic acids is 1. The van der Waals surface area contributed by atoms with Crippen molar-refractivity contribution in [3.05, 3.63) is 34.4 Å². The minimum Gasteiger partial charge on any atom is -0.443 e. The second-order valence-corrected chi connectivity index (χ2v) is 7.55. The molecular formula is C18H25NO4. The first kappa shape index (κ1) is 16.3. The quantitative estimate of drug-likeness (QED) is 0.928. The summed E-state index contributed by atoms with van der Waals surface area (Å²) in [6.07, 6.45) is 0.141. The van der Waals surface area contributed by atoms with E-state index >= 15 is 0 Å². The molecule has 2 aliphatic heterocycles. The van der Waals surface area contributed by atoms with Gasteiger partial charge in [-0.05, 0) is 40.5 Å². The number of benzene rings is 1. The van der Waals surface area contributed by atoms with Gasteiger partial charge in [-0.1, -0.05) is 32.9 Å². The van der Waals surface area contributed by atoms with Crippen molar-refractivity contribution in [1.82, 2.24) is 0 Å². The normalized spacial score (nSPS) is 21.4. The van der Waals surface area contributed by atoms with Crippen LogP contribution in [0.3, 0.4) is 0 Å². The van der Waals surface area contributed by atoms with Gasteiger partial charge in [0.1, 0.15) is 12.2 Å². The SMILES string of the molecule is CC(C)(C)C[C@@H](OC(N)=O)[C@@H]1OCCc2ccc3c(c21)COC3. The Morgan fingerprint density at radius 1 is 1.35 bits per heavy atom. The topological polar surface area (TPSA) is 70.8 Å². The highest BCUT2D eigenvalue weighted by molar-refractivity contribution is 5.65. The van der Waals surface area contributed by atoms with Gasteiger partial charge >= 0.3 is 6.09 Å². The zero-order valence-electron chi connectivity index (χ0n) is 14.1. The van der Waals surface area contributed by atoms with Gasteiger partial charge in [0.05, 0.1) is 19.8 Å². The monoisotopic (exact) mass is 319 g/mol. The third-order valence-corrected chi connectivity index (χ3v) is 4.42. The molecule has 126 valence electrons. The molecule has 1 amide bonds. The standard InChI is InChI=1S/C18H25NO4/c1-18(2,3)8-14(23-17(19)20)16-15-11(6-7-22-16)4-5-12-9-21-10-13(12)15/h4-5,14,16H,6-10H2,1-3H3,(H2,19,20)/t14-,16+/m1/s1. The molecule has 2 N–H and O–H groups in total. The molecular weight excluding hydrogens is 294 g/mol. The molecule has 0 spiro atoms. The molecule has 2 atom stereocenters. The molecule has 3 rings (SSSR count). The van der Waals surface area contributed by atoms with Crippen LogP contribution in [0.5, 0.6) is 0 Å². The van der Waals surface area contributed by atoms with Gasteiger partial charge in [0.25, 0.3) is 0 Å². The van der Waals surface area contributed by atoms with Crippen LogP contribution in [0.1, 0.15) is 55.5 Å². The fourth-order valence-electron chi connectivity index (χ4n) is 3.54. The number of amides is 1. The van der Waals surface area contributed by atoms with Crippen LogP contribution in [-0.4, -0.2) is 18.8 Å². The van der Waals surface area contributed by atoms with Crippen molar-refractivity contribution in [2.24, 2.45) is 11.1 Å². The van der Waals surface area contributed by atoms with E-state index in [2.05, 4.69) is 32.9 Å². The van der Waals surface area contributed by atoms with Gasteiger partial charge in [0.15, 0.2) is 0 Å². The lowest BCUT2D eigenvalue weighted by Crippen LogP contribution is -2.36. The lowest BCUT2D eigenvalue weighted by Gasteiger charge is -2.36. The summed E-state index contributed by atoms with van der Waals surface area (Å²) in [6.45, 7) is 8.21. The van der Waals surface area contributed by atoms with Crippen LogP contribution in [0.4, 0.5) is 4.79 Å². The number of primary amides is 1. The highest BCUT2D eigenvalue weighted by Gasteiger charge is 2.37. The van der Waals surface area contributed by atoms with E-state index in [9.17, 15) is 4.79 Å². The van der Waals surface area contributed by atoms with Crippen molar-refractivity contribution in [2.45, 2.75) is 59.0 Å². The third-order valence-electron chi connectivity index (χ3n) is 4.42. The second kappa shape index (κ2) is 6.13. The summed E-state index contributed by atoms with van der Waals surface area (Å²) in [6, 6.07) is 4.29. The molecule has 5 heteroatoms. The van der Waals surface area contributed by atoms with Crippen molar-refractivity contribution in [3.8, 4) is 0 Å². The highest BCUT2D eigenvalue weighted by Crippen LogP contribution is 2.40. The Kier molecular flexibility index (Phi) is 4.34. The minimum absolute atomic E-state index is 0.00442. The van der Waals surface area contributed by atoms with Crippen molar-refractivity contribution >= 4 is 6.09 Å². The summed E-state index contributed by atoms with van der Waals surface area (Å²) in [5.41, 5.74) is 10.1. The zero-order chi connectivity index (χ0) is 16.6. The molecule has 0 saturated heterocycles. The Morgan fingerprint density at radius 2 is 2.09 bits per heavy atom. The summed E-state index contributed by atoms with van der Waals surface area (Å²) in [4.78, 5) is 11.4. The minimum atomic E-state index is -0.751. The van der Waals surface area contributed by atoms with E-state index in [1.807, 2.05) is 0 Å². The van der Waals surface area contributed by atoms with Gasteiger partial charge in [-0.2, -0.15) is 0 Å². The molecule has 0 unspecified atom stereocenters. The molecule has 2 heterocycles. The number of hydrogen-bond donors (Lipinski definition) is 1. The summed E-state index contributed by atoms with van der Waals surface area (Å²) < 4.78 is 17.1. The van der Waals surface area contributed by atoms with E-state index in [4.69, 9.17) is 19.9 Å². The summed E-state index contributed by atoms with van der Waals surface area (Å²) in [5, 5.41) is 0. The van der Waals surface area contributed by atoms with Gasteiger partial charge in [-0.15, -0.1) is 0 Å². The Bertz CT molecular complexity index is 606. The van der Waals surface area contributed by atoms with E-state index in [0.29, 0.717) is 26.2 Å². The predicted octanol–water partition coefficient (Wildman–Crippen LogP) is 3.23. The van der Waals surface area contributed by atoms with Crippen LogP contribution in [0.25, 0.3) is 0 Å². The van der Waals surface area contributed by atoms with E-state index in [0.717, 1.165) is 12.0 Å². The molecule has 0 radical (unpaired) electrons. The average molecular weight is 319 g/mol. The summed E-state index contributed by atoms with van der Waals surface area (Å²) in [5.74, 6) is 0. The maximum atomic E-state index is 11.4. The number of fused-ring (bicyclic) bond motifs is 3. The molecule has 0 aromatic heterocycles. The Hall–Kier alpha value is -1.59. The molecule has 1 aromatic rings. The fraction of sp³-hybridized carbons (Fsp3) is 0.611. The van der Waals surface area contributed by atoms with Crippen LogP contribution < -0.4 is 5.73 Å². The van der Waals surface area contributed by atoms with E-state index in [1.165, 1.54) is 16.7 Å². The van der Waals surface area contributed by atoms with E-state index in [1.54, 1.807) is 0 Å². The van der Waals surface area contributed by atoms with Crippen LogP contribution in [-0.2, 0) is 33.8 Å². The van der Waals surface area contributed by atoms with Crippen LogP contribution in [0.15, 0.2) is 12.1 Å². The lowest BCUT2D eigenvalue weighted by atomic mass is 9.82. The Morgan fingerprint density at radius 3 is 2.78 bits per heavy atom. The summed E-state index contributed by atoms with van der Waals surface area (Å²) in [7, 11) is 0. The molecule has 23 heavy (non-hydrogen) atoms. The average Bonchev–Trinajstić information content (AvgIpc) is 2.92. The predicted molar refractivity (Wildman–Crippen MR) is 85.9 cm³/mol. The van der Waals surface area contributed by atoms with Gasteiger partial charge < -0.3 is 19.9 Å².